The molecule has 4 aliphatic heterocycles. The zero-order valence-corrected chi connectivity index (χ0v) is 18.8. The van der Waals surface area contributed by atoms with E-state index < -0.39 is 0 Å². The van der Waals surface area contributed by atoms with E-state index in [1.165, 1.54) is 0 Å². The number of urea groups is 1. The fourth-order valence-corrected chi connectivity index (χ4v) is 5.04. The lowest BCUT2D eigenvalue weighted by Gasteiger charge is -2.37. The Morgan fingerprint density at radius 2 is 1.94 bits per heavy atom. The topological polar surface area (TPSA) is 97.8 Å². The molecule has 3 atom stereocenters. The number of carbonyl (C=O) groups excluding carboxylic acids is 1. The van der Waals surface area contributed by atoms with E-state index >= 15 is 0 Å². The van der Waals surface area contributed by atoms with Crippen molar-refractivity contribution in [3.63, 3.8) is 0 Å². The molecule has 9 heteroatoms. The molecule has 174 valence electrons. The first-order chi connectivity index (χ1) is 16.1. The predicted octanol–water partition coefficient (Wildman–Crippen LogP) is 2.67. The number of morpholine rings is 1. The van der Waals surface area contributed by atoms with Crippen LogP contribution in [0.3, 0.4) is 0 Å². The Balaban J connectivity index is 1.29. The summed E-state index contributed by atoms with van der Waals surface area (Å²) < 4.78 is 17.0. The molecule has 0 unspecified atom stereocenters. The third-order valence-electron chi connectivity index (χ3n) is 6.87. The number of hydrogen-bond donors (Lipinski definition) is 2. The highest BCUT2D eigenvalue weighted by Gasteiger charge is 2.39. The number of amides is 2. The molecule has 2 aromatic rings. The molecule has 2 bridgehead atoms. The van der Waals surface area contributed by atoms with Gasteiger partial charge in [-0.15, -0.1) is 0 Å². The molecule has 0 radical (unpaired) electrons. The molecular weight excluding hydrogens is 422 g/mol. The van der Waals surface area contributed by atoms with Crippen LogP contribution < -0.4 is 15.5 Å². The van der Waals surface area contributed by atoms with Gasteiger partial charge < -0.3 is 29.7 Å². The van der Waals surface area contributed by atoms with Crippen molar-refractivity contribution in [1.82, 2.24) is 15.3 Å². The van der Waals surface area contributed by atoms with Crippen molar-refractivity contribution >= 4 is 17.5 Å². The molecule has 1 aromatic carbocycles. The Labute approximate surface area is 192 Å². The number of aromatic nitrogens is 2. The van der Waals surface area contributed by atoms with E-state index in [0.717, 1.165) is 54.1 Å². The monoisotopic (exact) mass is 451 g/mol. The minimum Gasteiger partial charge on any atom is -0.377 e. The third-order valence-corrected chi connectivity index (χ3v) is 6.87. The molecule has 0 aliphatic carbocycles. The van der Waals surface area contributed by atoms with Gasteiger partial charge in [0, 0.05) is 29.8 Å². The number of carbonyl (C=O) groups is 1. The van der Waals surface area contributed by atoms with Crippen molar-refractivity contribution in [2.75, 3.05) is 43.2 Å². The maximum atomic E-state index is 12.1. The summed E-state index contributed by atoms with van der Waals surface area (Å²) in [7, 11) is 0. The van der Waals surface area contributed by atoms with Crippen LogP contribution in [-0.4, -0.2) is 67.2 Å². The first kappa shape index (κ1) is 20.8. The quantitative estimate of drug-likeness (QED) is 0.738. The summed E-state index contributed by atoms with van der Waals surface area (Å²) in [5, 5.41) is 5.75. The Kier molecular flexibility index (Phi) is 5.40. The van der Waals surface area contributed by atoms with Crippen molar-refractivity contribution in [2.45, 2.75) is 50.5 Å². The van der Waals surface area contributed by atoms with Gasteiger partial charge in [0.05, 0.1) is 56.4 Å². The van der Waals surface area contributed by atoms with Crippen molar-refractivity contribution in [3.8, 4) is 11.4 Å². The highest BCUT2D eigenvalue weighted by atomic mass is 16.5. The van der Waals surface area contributed by atoms with Gasteiger partial charge in [-0.1, -0.05) is 0 Å². The molecule has 9 nitrogen and oxygen atoms in total. The molecule has 5 heterocycles. The molecule has 2 amide bonds. The SMILES string of the molecule is C[C@H]1COCCN1c1nc(-c2ccc(NC(=O)NC3COC3)cc2)nc2c1[C@H]1CC[C@@H](C2)O1. The van der Waals surface area contributed by atoms with Crippen LogP contribution in [0.2, 0.25) is 0 Å². The van der Waals surface area contributed by atoms with Gasteiger partial charge in [0.2, 0.25) is 0 Å². The number of benzene rings is 1. The standard InChI is InChI=1S/C24H29N5O4/c1-14-11-31-9-8-29(14)23-21-19(10-18-6-7-20(21)33-18)27-22(28-23)15-2-4-16(5-3-15)25-24(30)26-17-12-32-13-17/h2-5,14,17-18,20H,6-13H2,1H3,(H2,25,26,30)/t14-,18-,20+/m0/s1. The smallest absolute Gasteiger partial charge is 0.319 e. The molecular formula is C24H29N5O4. The average Bonchev–Trinajstić information content (AvgIpc) is 3.17. The lowest BCUT2D eigenvalue weighted by atomic mass is 10.0. The summed E-state index contributed by atoms with van der Waals surface area (Å²) in [6.45, 7) is 5.51. The van der Waals surface area contributed by atoms with Crippen LogP contribution in [0.15, 0.2) is 24.3 Å². The van der Waals surface area contributed by atoms with Crippen molar-refractivity contribution < 1.29 is 19.0 Å². The molecule has 33 heavy (non-hydrogen) atoms. The third kappa shape index (κ3) is 4.05. The van der Waals surface area contributed by atoms with Crippen molar-refractivity contribution in [2.24, 2.45) is 0 Å². The summed E-state index contributed by atoms with van der Waals surface area (Å²) in [5.74, 6) is 1.70. The van der Waals surface area contributed by atoms with Crippen molar-refractivity contribution in [1.29, 1.82) is 0 Å². The van der Waals surface area contributed by atoms with Gasteiger partial charge in [-0.2, -0.15) is 0 Å². The van der Waals surface area contributed by atoms with Crippen LogP contribution in [0.25, 0.3) is 11.4 Å². The lowest BCUT2D eigenvalue weighted by Crippen LogP contribution is -2.49. The number of nitrogens with zero attached hydrogens (tertiary/aromatic N) is 3. The fourth-order valence-electron chi connectivity index (χ4n) is 5.04. The molecule has 3 saturated heterocycles. The van der Waals surface area contributed by atoms with Crippen LogP contribution >= 0.6 is 0 Å². The van der Waals surface area contributed by atoms with E-state index in [9.17, 15) is 4.79 Å². The summed E-state index contributed by atoms with van der Waals surface area (Å²) >= 11 is 0. The summed E-state index contributed by atoms with van der Waals surface area (Å²) in [6.07, 6.45) is 3.28. The zero-order valence-electron chi connectivity index (χ0n) is 18.8. The largest absolute Gasteiger partial charge is 0.377 e. The number of hydrogen-bond acceptors (Lipinski definition) is 7. The molecule has 2 N–H and O–H groups in total. The Hall–Kier alpha value is -2.75. The Morgan fingerprint density at radius 1 is 1.09 bits per heavy atom. The minimum absolute atomic E-state index is 0.0870. The average molecular weight is 452 g/mol. The first-order valence-electron chi connectivity index (χ1n) is 11.8. The molecule has 4 aliphatic rings. The van der Waals surface area contributed by atoms with Gasteiger partial charge in [-0.3, -0.25) is 0 Å². The lowest BCUT2D eigenvalue weighted by molar-refractivity contribution is 0.000735. The maximum Gasteiger partial charge on any atom is 0.319 e. The van der Waals surface area contributed by atoms with E-state index in [1.807, 2.05) is 24.3 Å². The number of fused-ring (bicyclic) bond motifs is 4. The van der Waals surface area contributed by atoms with Gasteiger partial charge in [-0.05, 0) is 44.0 Å². The van der Waals surface area contributed by atoms with E-state index in [2.05, 4.69) is 22.5 Å². The van der Waals surface area contributed by atoms with Gasteiger partial charge >= 0.3 is 6.03 Å². The van der Waals surface area contributed by atoms with Crippen LogP contribution in [0.1, 0.15) is 37.1 Å². The van der Waals surface area contributed by atoms with Crippen LogP contribution in [-0.2, 0) is 20.6 Å². The number of ether oxygens (including phenoxy) is 3. The highest BCUT2D eigenvalue weighted by molar-refractivity contribution is 5.89. The Bertz CT molecular complexity index is 1040. The fraction of sp³-hybridized carbons (Fsp3) is 0.542. The molecule has 6 rings (SSSR count). The molecule has 0 saturated carbocycles. The number of nitrogens with one attached hydrogen (secondary N) is 2. The summed E-state index contributed by atoms with van der Waals surface area (Å²) in [5.41, 5.74) is 3.92. The summed E-state index contributed by atoms with van der Waals surface area (Å²) in [6, 6.07) is 7.82. The number of anilines is 2. The maximum absolute atomic E-state index is 12.1. The molecule has 1 aromatic heterocycles. The summed E-state index contributed by atoms with van der Waals surface area (Å²) in [4.78, 5) is 24.5. The second-order valence-electron chi connectivity index (χ2n) is 9.29. The second kappa shape index (κ2) is 8.55. The van der Waals surface area contributed by atoms with Gasteiger partial charge in [0.1, 0.15) is 5.82 Å². The van der Waals surface area contributed by atoms with E-state index in [1.54, 1.807) is 0 Å². The molecule has 3 fully saturated rings. The number of rotatable bonds is 4. The minimum atomic E-state index is -0.222. The van der Waals surface area contributed by atoms with E-state index in [4.69, 9.17) is 24.2 Å². The van der Waals surface area contributed by atoms with Crippen LogP contribution in [0.5, 0.6) is 0 Å². The van der Waals surface area contributed by atoms with Crippen LogP contribution in [0.4, 0.5) is 16.3 Å². The first-order valence-corrected chi connectivity index (χ1v) is 11.8. The normalized spacial score (nSPS) is 26.5. The second-order valence-corrected chi connectivity index (χ2v) is 9.29. The van der Waals surface area contributed by atoms with Gasteiger partial charge in [-0.25, -0.2) is 14.8 Å². The van der Waals surface area contributed by atoms with E-state index in [-0.39, 0.29) is 30.3 Å². The molecule has 0 spiro atoms. The van der Waals surface area contributed by atoms with Gasteiger partial charge in [0.15, 0.2) is 5.82 Å². The highest BCUT2D eigenvalue weighted by Crippen LogP contribution is 2.45. The van der Waals surface area contributed by atoms with Crippen molar-refractivity contribution in [3.05, 3.63) is 35.5 Å². The van der Waals surface area contributed by atoms with Crippen LogP contribution in [0, 0.1) is 0 Å². The Morgan fingerprint density at radius 3 is 2.70 bits per heavy atom. The van der Waals surface area contributed by atoms with Gasteiger partial charge in [0.25, 0.3) is 0 Å². The predicted molar refractivity (Wildman–Crippen MR) is 122 cm³/mol. The zero-order chi connectivity index (χ0) is 22.4. The van der Waals surface area contributed by atoms with E-state index in [0.29, 0.717) is 32.3 Å².